The summed E-state index contributed by atoms with van der Waals surface area (Å²) in [5.41, 5.74) is 0. The molecule has 2 heterocycles. The van der Waals surface area contributed by atoms with Crippen molar-refractivity contribution in [1.82, 2.24) is 21.3 Å². The topological polar surface area (TPSA) is 220 Å². The first-order valence-electron chi connectivity index (χ1n) is 28.8. The molecule has 0 aromatic heterocycles. The molecule has 0 aliphatic carbocycles. The number of amides is 4. The quantitative estimate of drug-likeness (QED) is 0.0112. The fraction of sp³-hybridized carbons (Fsp3) is 0.907. The van der Waals surface area contributed by atoms with Crippen molar-refractivity contribution in [3.63, 3.8) is 0 Å². The van der Waals surface area contributed by atoms with Crippen LogP contribution in [0.4, 0.5) is 9.59 Å². The van der Waals surface area contributed by atoms with Crippen molar-refractivity contribution in [3.8, 4) is 0 Å². The summed E-state index contributed by atoms with van der Waals surface area (Å²) in [6.07, 6.45) is 37.5. The second-order valence-corrected chi connectivity index (χ2v) is 22.7. The van der Waals surface area contributed by atoms with Gasteiger partial charge in [0, 0.05) is 36.8 Å². The van der Waals surface area contributed by atoms with Crippen LogP contribution < -0.4 is 55.7 Å². The van der Waals surface area contributed by atoms with Gasteiger partial charge in [0.25, 0.3) is 7.82 Å². The first kappa shape index (κ1) is 69.4. The summed E-state index contributed by atoms with van der Waals surface area (Å²) < 4.78 is 38.6. The molecule has 0 bridgehead atoms. The molecule has 0 aromatic carbocycles. The second kappa shape index (κ2) is 47.6. The minimum absolute atomic E-state index is 0. The van der Waals surface area contributed by atoms with Crippen molar-refractivity contribution >= 4 is 49.6 Å². The maximum absolute atomic E-state index is 12.8. The van der Waals surface area contributed by atoms with Gasteiger partial charge < -0.3 is 49.4 Å². The summed E-state index contributed by atoms with van der Waals surface area (Å²) in [5.74, 6) is -0.229. The van der Waals surface area contributed by atoms with Gasteiger partial charge in [0.05, 0.1) is 31.8 Å². The molecule has 0 saturated carbocycles. The molecule has 420 valence electrons. The van der Waals surface area contributed by atoms with Crippen molar-refractivity contribution in [3.05, 3.63) is 0 Å². The number of esters is 2. The zero-order valence-corrected chi connectivity index (χ0v) is 49.7. The van der Waals surface area contributed by atoms with E-state index in [0.717, 1.165) is 57.1 Å². The predicted molar refractivity (Wildman–Crippen MR) is 286 cm³/mol. The largest absolute Gasteiger partial charge is 1.00 e. The number of phosphoric acid groups is 1. The van der Waals surface area contributed by atoms with Crippen LogP contribution in [0.1, 0.15) is 245 Å². The van der Waals surface area contributed by atoms with Gasteiger partial charge in [0.15, 0.2) is 6.10 Å². The Labute approximate surface area is 468 Å². The number of hydrogen-bond donors (Lipinski definition) is 4. The SMILES string of the molecule is CCCCCCCCCCCCCCCCCC(=O)OC[C@H](COP(=O)([O-])OCCNC(=O)OCCNC(=O)CCCC[C@@H]1SC[C@@H]2NC(=O)N[C@@H]21)OC(=O)CCCCCCCCCCCCCCCCC.[Na+]. The van der Waals surface area contributed by atoms with Crippen LogP contribution in [0.15, 0.2) is 0 Å². The standard InChI is InChI=1S/C54H101N4O12PS.Na/c1-3-5-7-9-11-13-15-17-19-21-23-25-27-29-31-37-50(60)67-43-46(70-51(61)38-32-30-28-26-24-22-20-18-16-14-12-10-8-6-4-2)44-69-71(64,65)68-42-40-56-54(63)66-41-39-55-49(59)36-34-33-35-48-52-47(45-72-48)57-53(62)58-52;/h46-48,52H,3-45H2,1-2H3,(H,55,59)(H,56,63)(H,64,65)(H2,57,58,62);/q;+1/p-1/t46-,47+,48+,52+;/m1./s1. The number of rotatable bonds is 50. The first-order chi connectivity index (χ1) is 35.0. The molecule has 4 amide bonds. The molecule has 2 aliphatic rings. The van der Waals surface area contributed by atoms with Crippen LogP contribution >= 0.6 is 19.6 Å². The van der Waals surface area contributed by atoms with Gasteiger partial charge in [-0.1, -0.05) is 200 Å². The number of fused-ring (bicyclic) bond motifs is 1. The molecular formula is C54H100N4NaO12PS. The summed E-state index contributed by atoms with van der Waals surface area (Å²) in [6.45, 7) is 2.92. The van der Waals surface area contributed by atoms with Crippen molar-refractivity contribution in [2.45, 2.75) is 268 Å². The third-order valence-electron chi connectivity index (χ3n) is 13.5. The average Bonchev–Trinajstić information content (AvgIpc) is 3.92. The van der Waals surface area contributed by atoms with Gasteiger partial charge in [0.1, 0.15) is 13.2 Å². The van der Waals surface area contributed by atoms with E-state index in [9.17, 15) is 33.4 Å². The number of nitrogens with one attached hydrogen (secondary N) is 4. The number of urea groups is 1. The summed E-state index contributed by atoms with van der Waals surface area (Å²) in [6, 6.07) is 0.198. The molecule has 2 aliphatic heterocycles. The number of unbranched alkanes of at least 4 members (excludes halogenated alkanes) is 29. The van der Waals surface area contributed by atoms with Crippen LogP contribution in [0.5, 0.6) is 0 Å². The van der Waals surface area contributed by atoms with E-state index in [2.05, 4.69) is 35.1 Å². The van der Waals surface area contributed by atoms with Gasteiger partial charge in [-0.3, -0.25) is 18.9 Å². The fourth-order valence-corrected chi connectivity index (χ4v) is 11.5. The van der Waals surface area contributed by atoms with Gasteiger partial charge in [0.2, 0.25) is 5.91 Å². The molecule has 16 nitrogen and oxygen atoms in total. The Morgan fingerprint density at radius 2 is 1.05 bits per heavy atom. The van der Waals surface area contributed by atoms with Crippen LogP contribution in [-0.4, -0.2) is 98.7 Å². The van der Waals surface area contributed by atoms with Crippen molar-refractivity contribution < 1.29 is 86.2 Å². The molecule has 0 radical (unpaired) electrons. The van der Waals surface area contributed by atoms with Gasteiger partial charge in [-0.25, -0.2) is 9.59 Å². The normalized spacial score (nSPS) is 17.1. The van der Waals surface area contributed by atoms with E-state index in [-0.39, 0.29) is 92.7 Å². The van der Waals surface area contributed by atoms with E-state index >= 15 is 0 Å². The van der Waals surface area contributed by atoms with Crippen molar-refractivity contribution in [1.29, 1.82) is 0 Å². The molecule has 2 rings (SSSR count). The third-order valence-corrected chi connectivity index (χ3v) is 15.9. The zero-order chi connectivity index (χ0) is 52.2. The van der Waals surface area contributed by atoms with Crippen molar-refractivity contribution in [2.75, 3.05) is 45.3 Å². The van der Waals surface area contributed by atoms with Gasteiger partial charge in [-0.15, -0.1) is 0 Å². The Balaban J connectivity index is 0.0000266. The van der Waals surface area contributed by atoms with Crippen LogP contribution in [0.25, 0.3) is 0 Å². The number of carbonyl (C=O) groups excluding carboxylic acids is 5. The number of phosphoric ester groups is 1. The molecule has 0 spiro atoms. The van der Waals surface area contributed by atoms with E-state index < -0.39 is 45.2 Å². The minimum Gasteiger partial charge on any atom is -0.756 e. The molecular weight excluding hydrogens is 983 g/mol. The molecule has 2 fully saturated rings. The average molecular weight is 1080 g/mol. The van der Waals surface area contributed by atoms with Crippen LogP contribution in [0, 0.1) is 0 Å². The van der Waals surface area contributed by atoms with E-state index in [0.29, 0.717) is 30.9 Å². The van der Waals surface area contributed by atoms with E-state index in [1.807, 2.05) is 11.8 Å². The molecule has 2 saturated heterocycles. The summed E-state index contributed by atoms with van der Waals surface area (Å²) in [5, 5.41) is 11.3. The Morgan fingerprint density at radius 3 is 1.58 bits per heavy atom. The molecule has 4 N–H and O–H groups in total. The number of ether oxygens (including phenoxy) is 3. The Morgan fingerprint density at radius 1 is 0.589 bits per heavy atom. The molecule has 1 unspecified atom stereocenters. The third kappa shape index (κ3) is 40.3. The zero-order valence-electron chi connectivity index (χ0n) is 46.0. The van der Waals surface area contributed by atoms with Gasteiger partial charge in [-0.05, 0) is 25.7 Å². The smallest absolute Gasteiger partial charge is 0.756 e. The van der Waals surface area contributed by atoms with Gasteiger partial charge in [-0.2, -0.15) is 11.8 Å². The van der Waals surface area contributed by atoms with Crippen LogP contribution in [-0.2, 0) is 42.2 Å². The van der Waals surface area contributed by atoms with Crippen LogP contribution in [0.2, 0.25) is 0 Å². The number of thioether (sulfide) groups is 1. The minimum atomic E-state index is -4.90. The first-order valence-corrected chi connectivity index (χ1v) is 31.3. The number of alkyl carbamates (subject to hydrolysis) is 1. The monoisotopic (exact) mass is 1080 g/mol. The van der Waals surface area contributed by atoms with Gasteiger partial charge >= 0.3 is 53.6 Å². The molecule has 73 heavy (non-hydrogen) atoms. The predicted octanol–water partition coefficient (Wildman–Crippen LogP) is 9.04. The second-order valence-electron chi connectivity index (χ2n) is 20.1. The van der Waals surface area contributed by atoms with E-state index in [1.54, 1.807) is 0 Å². The number of carbonyl (C=O) groups is 5. The molecule has 0 aromatic rings. The Hall–Kier alpha value is -1.59. The fourth-order valence-electron chi connectivity index (χ4n) is 9.17. The van der Waals surface area contributed by atoms with Crippen LogP contribution in [0.3, 0.4) is 0 Å². The summed E-state index contributed by atoms with van der Waals surface area (Å²) in [7, 11) is -4.90. The van der Waals surface area contributed by atoms with Crippen molar-refractivity contribution in [2.24, 2.45) is 0 Å². The molecule has 5 atom stereocenters. The Bertz CT molecular complexity index is 1470. The summed E-state index contributed by atoms with van der Waals surface area (Å²) >= 11 is 1.84. The maximum Gasteiger partial charge on any atom is 1.00 e. The molecule has 19 heteroatoms. The maximum atomic E-state index is 12.8. The van der Waals surface area contributed by atoms with E-state index in [4.69, 9.17) is 23.3 Å². The Kier molecular flexibility index (Phi) is 45.3. The number of hydrogen-bond acceptors (Lipinski definition) is 13. The summed E-state index contributed by atoms with van der Waals surface area (Å²) in [4.78, 5) is 74.0. The van der Waals surface area contributed by atoms with E-state index in [1.165, 1.54) is 141 Å².